The van der Waals surface area contributed by atoms with E-state index in [1.165, 1.54) is 0 Å². The summed E-state index contributed by atoms with van der Waals surface area (Å²) in [4.78, 5) is 28.7. The highest BCUT2D eigenvalue weighted by molar-refractivity contribution is 5.77. The fraction of sp³-hybridized carbons (Fsp3) is 0.500. The zero-order valence-electron chi connectivity index (χ0n) is 11.7. The number of carboxylic acids is 1. The predicted octanol–water partition coefficient (Wildman–Crippen LogP) is 1.25. The Hall–Kier alpha value is -2.11. The van der Waals surface area contributed by atoms with Gasteiger partial charge in [-0.2, -0.15) is 0 Å². The van der Waals surface area contributed by atoms with Crippen LogP contribution in [0.15, 0.2) is 18.5 Å². The molecule has 2 rings (SSSR count). The number of hydrogen-bond acceptors (Lipinski definition) is 3. The maximum absolute atomic E-state index is 12.0. The highest BCUT2D eigenvalue weighted by Gasteiger charge is 2.36. The molecule has 6 nitrogen and oxygen atoms in total. The van der Waals surface area contributed by atoms with Crippen LogP contribution in [0, 0.1) is 18.8 Å². The van der Waals surface area contributed by atoms with E-state index >= 15 is 0 Å². The molecule has 0 bridgehead atoms. The minimum absolute atomic E-state index is 0.0154. The van der Waals surface area contributed by atoms with Gasteiger partial charge in [0.15, 0.2) is 0 Å². The van der Waals surface area contributed by atoms with E-state index in [0.29, 0.717) is 13.1 Å². The van der Waals surface area contributed by atoms with E-state index in [1.54, 1.807) is 17.3 Å². The molecule has 1 fully saturated rings. The first-order valence-electron chi connectivity index (χ1n) is 6.64. The van der Waals surface area contributed by atoms with Crippen LogP contribution < -0.4 is 5.32 Å². The van der Waals surface area contributed by atoms with Crippen LogP contribution in [0.1, 0.15) is 18.1 Å². The third kappa shape index (κ3) is 3.07. The van der Waals surface area contributed by atoms with Crippen molar-refractivity contribution in [2.75, 3.05) is 13.1 Å². The Bertz CT molecular complexity index is 518. The van der Waals surface area contributed by atoms with Gasteiger partial charge in [-0.1, -0.05) is 6.92 Å². The summed E-state index contributed by atoms with van der Waals surface area (Å²) in [5.41, 5.74) is 2.03. The Morgan fingerprint density at radius 2 is 2.25 bits per heavy atom. The van der Waals surface area contributed by atoms with Gasteiger partial charge in [0.1, 0.15) is 0 Å². The van der Waals surface area contributed by atoms with Crippen LogP contribution in [0.2, 0.25) is 0 Å². The zero-order chi connectivity index (χ0) is 14.7. The molecule has 6 heteroatoms. The van der Waals surface area contributed by atoms with Gasteiger partial charge in [-0.05, 0) is 30.0 Å². The SMILES string of the molecule is Cc1ccncc1CNC(=O)N1C[C@@H](C)[C@H](C(=O)O)C1. The summed E-state index contributed by atoms with van der Waals surface area (Å²) in [5.74, 6) is -1.32. The molecule has 0 aliphatic carbocycles. The number of urea groups is 1. The van der Waals surface area contributed by atoms with E-state index in [0.717, 1.165) is 11.1 Å². The van der Waals surface area contributed by atoms with E-state index in [4.69, 9.17) is 5.11 Å². The van der Waals surface area contributed by atoms with Crippen molar-refractivity contribution in [3.63, 3.8) is 0 Å². The van der Waals surface area contributed by atoms with E-state index in [9.17, 15) is 9.59 Å². The summed E-state index contributed by atoms with van der Waals surface area (Å²) in [6.07, 6.45) is 3.43. The Morgan fingerprint density at radius 1 is 1.50 bits per heavy atom. The molecule has 2 heterocycles. The van der Waals surface area contributed by atoms with Crippen LogP contribution in [0.5, 0.6) is 0 Å². The molecule has 0 aromatic carbocycles. The number of rotatable bonds is 3. The Labute approximate surface area is 117 Å². The summed E-state index contributed by atoms with van der Waals surface area (Å²) in [7, 11) is 0. The van der Waals surface area contributed by atoms with E-state index in [-0.39, 0.29) is 18.5 Å². The minimum atomic E-state index is -0.837. The second kappa shape index (κ2) is 5.90. The molecule has 1 aliphatic rings. The monoisotopic (exact) mass is 277 g/mol. The van der Waals surface area contributed by atoms with Gasteiger partial charge in [0.05, 0.1) is 5.92 Å². The average Bonchev–Trinajstić information content (AvgIpc) is 2.80. The Balaban J connectivity index is 1.90. The van der Waals surface area contributed by atoms with Crippen molar-refractivity contribution < 1.29 is 14.7 Å². The third-order valence-corrected chi connectivity index (χ3v) is 3.79. The number of likely N-dealkylation sites (tertiary alicyclic amines) is 1. The molecular formula is C14H19N3O3. The van der Waals surface area contributed by atoms with Gasteiger partial charge in [-0.25, -0.2) is 4.79 Å². The van der Waals surface area contributed by atoms with Gasteiger partial charge in [0, 0.05) is 32.0 Å². The topological polar surface area (TPSA) is 82.5 Å². The molecule has 0 unspecified atom stereocenters. The van der Waals surface area contributed by atoms with Gasteiger partial charge in [0.2, 0.25) is 0 Å². The maximum Gasteiger partial charge on any atom is 0.317 e. The lowest BCUT2D eigenvalue weighted by molar-refractivity contribution is -0.142. The normalized spacial score (nSPS) is 21.8. The number of pyridine rings is 1. The minimum Gasteiger partial charge on any atom is -0.481 e. The van der Waals surface area contributed by atoms with Gasteiger partial charge in [-0.15, -0.1) is 0 Å². The van der Waals surface area contributed by atoms with Crippen LogP contribution in [0.3, 0.4) is 0 Å². The number of amides is 2. The third-order valence-electron chi connectivity index (χ3n) is 3.79. The van der Waals surface area contributed by atoms with Crippen LogP contribution in [-0.2, 0) is 11.3 Å². The molecule has 20 heavy (non-hydrogen) atoms. The molecular weight excluding hydrogens is 258 g/mol. The predicted molar refractivity (Wildman–Crippen MR) is 73.1 cm³/mol. The number of carbonyl (C=O) groups is 2. The largest absolute Gasteiger partial charge is 0.481 e. The van der Waals surface area contributed by atoms with Gasteiger partial charge >= 0.3 is 12.0 Å². The van der Waals surface area contributed by atoms with Crippen LogP contribution in [0.4, 0.5) is 4.79 Å². The van der Waals surface area contributed by atoms with Crippen molar-refractivity contribution in [2.45, 2.75) is 20.4 Å². The van der Waals surface area contributed by atoms with Gasteiger partial charge in [-0.3, -0.25) is 9.78 Å². The molecule has 2 atom stereocenters. The van der Waals surface area contributed by atoms with Crippen molar-refractivity contribution in [3.8, 4) is 0 Å². The van der Waals surface area contributed by atoms with Crippen LogP contribution in [0.25, 0.3) is 0 Å². The molecule has 1 aliphatic heterocycles. The Morgan fingerprint density at radius 3 is 2.85 bits per heavy atom. The van der Waals surface area contributed by atoms with Crippen molar-refractivity contribution in [2.24, 2.45) is 11.8 Å². The highest BCUT2D eigenvalue weighted by atomic mass is 16.4. The first-order valence-corrected chi connectivity index (χ1v) is 6.64. The first kappa shape index (κ1) is 14.3. The standard InChI is InChI=1S/C14H19N3O3/c1-9-3-4-15-5-11(9)6-16-14(20)17-7-10(2)12(8-17)13(18)19/h3-5,10,12H,6-8H2,1-2H3,(H,16,20)(H,18,19)/t10-,12-/m1/s1. The number of nitrogens with one attached hydrogen (secondary N) is 1. The summed E-state index contributed by atoms with van der Waals surface area (Å²) in [6, 6.07) is 1.67. The molecule has 108 valence electrons. The highest BCUT2D eigenvalue weighted by Crippen LogP contribution is 2.23. The van der Waals surface area contributed by atoms with E-state index in [1.807, 2.05) is 19.9 Å². The van der Waals surface area contributed by atoms with Crippen molar-refractivity contribution in [1.82, 2.24) is 15.2 Å². The quantitative estimate of drug-likeness (QED) is 0.871. The lowest BCUT2D eigenvalue weighted by Gasteiger charge is -2.17. The van der Waals surface area contributed by atoms with E-state index in [2.05, 4.69) is 10.3 Å². The number of nitrogens with zero attached hydrogens (tertiary/aromatic N) is 2. The second-order valence-corrected chi connectivity index (χ2v) is 5.29. The maximum atomic E-state index is 12.0. The number of aliphatic carboxylic acids is 1. The molecule has 1 aromatic heterocycles. The van der Waals surface area contributed by atoms with Gasteiger partial charge in [0.25, 0.3) is 0 Å². The van der Waals surface area contributed by atoms with Crippen LogP contribution in [-0.4, -0.2) is 40.1 Å². The summed E-state index contributed by atoms with van der Waals surface area (Å²) >= 11 is 0. The lowest BCUT2D eigenvalue weighted by Crippen LogP contribution is -2.38. The van der Waals surface area contributed by atoms with Crippen molar-refractivity contribution in [1.29, 1.82) is 0 Å². The van der Waals surface area contributed by atoms with Crippen LogP contribution >= 0.6 is 0 Å². The number of carbonyl (C=O) groups excluding carboxylic acids is 1. The summed E-state index contributed by atoms with van der Waals surface area (Å²) < 4.78 is 0. The summed E-state index contributed by atoms with van der Waals surface area (Å²) in [5, 5.41) is 11.9. The Kier molecular flexibility index (Phi) is 4.22. The fourth-order valence-electron chi connectivity index (χ4n) is 2.42. The number of hydrogen-bond donors (Lipinski definition) is 2. The van der Waals surface area contributed by atoms with E-state index < -0.39 is 11.9 Å². The first-order chi connectivity index (χ1) is 9.49. The number of aryl methyl sites for hydroxylation is 1. The number of carboxylic acid groups (broad SMARTS) is 1. The number of aromatic nitrogens is 1. The molecule has 1 aromatic rings. The average molecular weight is 277 g/mol. The molecule has 2 N–H and O–H groups in total. The second-order valence-electron chi connectivity index (χ2n) is 5.29. The summed E-state index contributed by atoms with van der Waals surface area (Å²) in [6.45, 7) is 4.98. The lowest BCUT2D eigenvalue weighted by atomic mass is 9.99. The van der Waals surface area contributed by atoms with Crippen molar-refractivity contribution >= 4 is 12.0 Å². The zero-order valence-corrected chi connectivity index (χ0v) is 11.7. The fourth-order valence-corrected chi connectivity index (χ4v) is 2.42. The molecule has 2 amide bonds. The van der Waals surface area contributed by atoms with Gasteiger partial charge < -0.3 is 15.3 Å². The molecule has 0 saturated carbocycles. The van der Waals surface area contributed by atoms with Crippen molar-refractivity contribution in [3.05, 3.63) is 29.6 Å². The molecule has 0 spiro atoms. The molecule has 1 saturated heterocycles. The smallest absolute Gasteiger partial charge is 0.317 e. The molecule has 0 radical (unpaired) electrons.